The number of carbonyl (C=O) groups excluding carboxylic acids is 1. The van der Waals surface area contributed by atoms with E-state index in [1.165, 1.54) is 6.92 Å². The first-order chi connectivity index (χ1) is 5.43. The normalized spacial score (nSPS) is 12.9. The summed E-state index contributed by atoms with van der Waals surface area (Å²) in [7, 11) is 0.914. The Morgan fingerprint density at radius 3 is 2.25 bits per heavy atom. The average Bonchev–Trinajstić information content (AvgIpc) is 1.96. The Morgan fingerprint density at radius 1 is 1.50 bits per heavy atom. The van der Waals surface area contributed by atoms with Crippen molar-refractivity contribution in [1.29, 1.82) is 0 Å². The molecule has 0 aromatic rings. The summed E-state index contributed by atoms with van der Waals surface area (Å²) in [4.78, 5) is 10.5. The molecular formula is C7H9F3O2. The van der Waals surface area contributed by atoms with Crippen LogP contribution in [0.25, 0.3) is 0 Å². The van der Waals surface area contributed by atoms with Gasteiger partial charge in [-0.05, 0) is 6.42 Å². The molecule has 12 heavy (non-hydrogen) atoms. The molecule has 0 aliphatic carbocycles. The van der Waals surface area contributed by atoms with Crippen LogP contribution >= 0.6 is 0 Å². The molecule has 70 valence electrons. The molecule has 0 amide bonds. The van der Waals surface area contributed by atoms with Gasteiger partial charge in [0.05, 0.1) is 7.11 Å². The maximum Gasteiger partial charge on any atom is 0.423 e. The Morgan fingerprint density at radius 2 is 2.00 bits per heavy atom. The van der Waals surface area contributed by atoms with Gasteiger partial charge in [-0.25, -0.2) is 4.79 Å². The zero-order valence-electron chi connectivity index (χ0n) is 6.73. The Balaban J connectivity index is 4.69. The van der Waals surface area contributed by atoms with Gasteiger partial charge in [0.25, 0.3) is 0 Å². The molecule has 0 bridgehead atoms. The van der Waals surface area contributed by atoms with Gasteiger partial charge >= 0.3 is 12.1 Å². The lowest BCUT2D eigenvalue weighted by atomic mass is 10.2. The van der Waals surface area contributed by atoms with Crippen LogP contribution in [0.2, 0.25) is 0 Å². The molecule has 0 fully saturated rings. The largest absolute Gasteiger partial charge is 0.465 e. The first-order valence-electron chi connectivity index (χ1n) is 3.29. The molecule has 0 saturated carbocycles. The van der Waals surface area contributed by atoms with E-state index in [4.69, 9.17) is 0 Å². The second-order valence-corrected chi connectivity index (χ2v) is 2.02. The molecule has 0 saturated heterocycles. The molecule has 0 radical (unpaired) electrons. The smallest absolute Gasteiger partial charge is 0.423 e. The van der Waals surface area contributed by atoms with Crippen molar-refractivity contribution in [2.45, 2.75) is 19.5 Å². The van der Waals surface area contributed by atoms with Crippen LogP contribution in [0.4, 0.5) is 13.2 Å². The van der Waals surface area contributed by atoms with Gasteiger partial charge < -0.3 is 4.74 Å². The summed E-state index contributed by atoms with van der Waals surface area (Å²) in [6, 6.07) is 0. The number of esters is 1. The molecule has 0 rings (SSSR count). The zero-order valence-corrected chi connectivity index (χ0v) is 6.73. The summed E-state index contributed by atoms with van der Waals surface area (Å²) < 4.78 is 39.9. The third kappa shape index (κ3) is 2.94. The topological polar surface area (TPSA) is 26.3 Å². The molecule has 0 heterocycles. The van der Waals surface area contributed by atoms with Crippen LogP contribution in [0, 0.1) is 0 Å². The van der Waals surface area contributed by atoms with E-state index in [0.29, 0.717) is 0 Å². The minimum Gasteiger partial charge on any atom is -0.465 e. The number of allylic oxidation sites excluding steroid dienone is 1. The molecule has 0 aromatic heterocycles. The Bertz CT molecular complexity index is 193. The first kappa shape index (κ1) is 11.0. The van der Waals surface area contributed by atoms with Crippen LogP contribution in [-0.4, -0.2) is 19.3 Å². The summed E-state index contributed by atoms with van der Waals surface area (Å²) in [5, 5.41) is 0. The lowest BCUT2D eigenvalue weighted by Gasteiger charge is -2.08. The van der Waals surface area contributed by atoms with Gasteiger partial charge in [0.15, 0.2) is 0 Å². The number of halogens is 3. The van der Waals surface area contributed by atoms with Gasteiger partial charge in [0.1, 0.15) is 5.57 Å². The molecular weight excluding hydrogens is 173 g/mol. The van der Waals surface area contributed by atoms with Crippen molar-refractivity contribution in [3.05, 3.63) is 11.6 Å². The van der Waals surface area contributed by atoms with Gasteiger partial charge in [-0.15, -0.1) is 0 Å². The number of hydrogen-bond acceptors (Lipinski definition) is 2. The van der Waals surface area contributed by atoms with Crippen LogP contribution in [0.1, 0.15) is 13.3 Å². The number of ether oxygens (including phenoxy) is 1. The molecule has 5 heteroatoms. The van der Waals surface area contributed by atoms with Crippen molar-refractivity contribution in [2.75, 3.05) is 7.11 Å². The molecule has 0 N–H and O–H groups in total. The van der Waals surface area contributed by atoms with Gasteiger partial charge in [0.2, 0.25) is 0 Å². The monoisotopic (exact) mass is 182 g/mol. The molecule has 0 atom stereocenters. The van der Waals surface area contributed by atoms with Crippen molar-refractivity contribution in [3.8, 4) is 0 Å². The molecule has 0 unspecified atom stereocenters. The van der Waals surface area contributed by atoms with Crippen molar-refractivity contribution < 1.29 is 22.7 Å². The van der Waals surface area contributed by atoms with Crippen molar-refractivity contribution in [2.24, 2.45) is 0 Å². The number of methoxy groups -OCH3 is 1. The van der Waals surface area contributed by atoms with E-state index in [2.05, 4.69) is 4.74 Å². The van der Waals surface area contributed by atoms with Gasteiger partial charge in [0, 0.05) is 0 Å². The summed E-state index contributed by atoms with van der Waals surface area (Å²) in [6.45, 7) is 1.51. The predicted molar refractivity (Wildman–Crippen MR) is 36.4 cm³/mol. The molecule has 0 spiro atoms. The zero-order chi connectivity index (χ0) is 9.78. The summed E-state index contributed by atoms with van der Waals surface area (Å²) in [5.74, 6) is -1.34. The van der Waals surface area contributed by atoms with E-state index in [9.17, 15) is 18.0 Å². The fourth-order valence-electron chi connectivity index (χ4n) is 0.629. The predicted octanol–water partition coefficient (Wildman–Crippen LogP) is 2.06. The van der Waals surface area contributed by atoms with Crippen LogP contribution in [0.3, 0.4) is 0 Å². The highest BCUT2D eigenvalue weighted by molar-refractivity contribution is 5.89. The van der Waals surface area contributed by atoms with E-state index in [0.717, 1.165) is 13.2 Å². The minimum absolute atomic E-state index is 0.143. The standard InChI is InChI=1S/C7H9F3O2/c1-3-4-5(6(11)12-2)7(8,9)10/h4H,3H2,1-2H3. The van der Waals surface area contributed by atoms with E-state index < -0.39 is 17.7 Å². The Labute approximate surface area is 68.0 Å². The Kier molecular flexibility index (Phi) is 3.79. The maximum atomic E-state index is 12.0. The Hall–Kier alpha value is -1.00. The molecule has 2 nitrogen and oxygen atoms in total. The van der Waals surface area contributed by atoms with E-state index in [1.54, 1.807) is 0 Å². The van der Waals surface area contributed by atoms with Crippen LogP contribution in [0.5, 0.6) is 0 Å². The van der Waals surface area contributed by atoms with Gasteiger partial charge in [-0.3, -0.25) is 0 Å². The van der Waals surface area contributed by atoms with E-state index in [1.807, 2.05) is 0 Å². The molecule has 0 aliphatic rings. The molecule has 0 aromatic carbocycles. The maximum absolute atomic E-state index is 12.0. The van der Waals surface area contributed by atoms with Crippen molar-refractivity contribution >= 4 is 5.97 Å². The minimum atomic E-state index is -4.62. The number of hydrogen-bond donors (Lipinski definition) is 0. The van der Waals surface area contributed by atoms with Crippen molar-refractivity contribution in [3.63, 3.8) is 0 Å². The van der Waals surface area contributed by atoms with E-state index >= 15 is 0 Å². The molecule has 0 aliphatic heterocycles. The highest BCUT2D eigenvalue weighted by Crippen LogP contribution is 2.26. The fourth-order valence-corrected chi connectivity index (χ4v) is 0.629. The first-order valence-corrected chi connectivity index (χ1v) is 3.29. The quantitative estimate of drug-likeness (QED) is 0.482. The summed E-state index contributed by atoms with van der Waals surface area (Å²) in [5.41, 5.74) is -1.24. The van der Waals surface area contributed by atoms with Gasteiger partial charge in [-0.1, -0.05) is 13.0 Å². The van der Waals surface area contributed by atoms with Gasteiger partial charge in [-0.2, -0.15) is 13.2 Å². The van der Waals surface area contributed by atoms with E-state index in [-0.39, 0.29) is 6.42 Å². The lowest BCUT2D eigenvalue weighted by Crippen LogP contribution is -2.21. The number of rotatable bonds is 2. The highest BCUT2D eigenvalue weighted by Gasteiger charge is 2.38. The second-order valence-electron chi connectivity index (χ2n) is 2.02. The average molecular weight is 182 g/mol. The van der Waals surface area contributed by atoms with Crippen LogP contribution in [-0.2, 0) is 9.53 Å². The highest BCUT2D eigenvalue weighted by atomic mass is 19.4. The number of carbonyl (C=O) groups is 1. The summed E-state index contributed by atoms with van der Waals surface area (Å²) in [6.07, 6.45) is -3.68. The van der Waals surface area contributed by atoms with Crippen LogP contribution in [0.15, 0.2) is 11.6 Å². The number of alkyl halides is 3. The van der Waals surface area contributed by atoms with Crippen molar-refractivity contribution in [1.82, 2.24) is 0 Å². The lowest BCUT2D eigenvalue weighted by molar-refractivity contribution is -0.148. The third-order valence-corrected chi connectivity index (χ3v) is 1.12. The third-order valence-electron chi connectivity index (χ3n) is 1.12. The summed E-state index contributed by atoms with van der Waals surface area (Å²) >= 11 is 0. The van der Waals surface area contributed by atoms with Crippen LogP contribution < -0.4 is 0 Å². The second kappa shape index (κ2) is 4.13. The fraction of sp³-hybridized carbons (Fsp3) is 0.571. The SMILES string of the molecule is CCC=C(C(=O)OC)C(F)(F)F.